The van der Waals surface area contributed by atoms with Gasteiger partial charge in [-0.25, -0.2) is 4.39 Å². The van der Waals surface area contributed by atoms with Gasteiger partial charge in [0.15, 0.2) is 0 Å². The minimum absolute atomic E-state index is 0. The summed E-state index contributed by atoms with van der Waals surface area (Å²) in [7, 11) is -4.12. The van der Waals surface area contributed by atoms with Gasteiger partial charge < -0.3 is 10.1 Å². The molecule has 1 rings (SSSR count). The maximum Gasteiger partial charge on any atom is 1.00 e. The number of hydrogen-bond donors (Lipinski definition) is 2. The molecule has 0 saturated heterocycles. The fourth-order valence-electron chi connectivity index (χ4n) is 1.54. The van der Waals surface area contributed by atoms with Crippen LogP contribution in [0.1, 0.15) is 5.56 Å². The molecule has 0 amide bonds. The second kappa shape index (κ2) is 9.81. The molecule has 1 N–H and O–H groups in total. The van der Waals surface area contributed by atoms with Crippen molar-refractivity contribution in [2.24, 2.45) is 10.9 Å². The minimum atomic E-state index is -4.12. The maximum atomic E-state index is 12.8. The second-order valence-electron chi connectivity index (χ2n) is 4.22. The number of aliphatic imine (C=N–C) groups is 1. The standard InChI is InChI=1S/C12H16FNO4S2.Na/c13-11-3-1-9(2-4-11)7-10(8-19)12(15)14-5-6-20(16,17)18;/h1-4,10,19H,5-8H2,(H,14,15)(H,16,17,18);/q;+1/p-1. The average molecular weight is 343 g/mol. The molecular weight excluding hydrogens is 328 g/mol. The molecule has 0 heterocycles. The normalized spacial score (nSPS) is 13.6. The molecule has 9 heteroatoms. The van der Waals surface area contributed by atoms with E-state index in [1.54, 1.807) is 12.1 Å². The molecule has 0 aromatic heterocycles. The van der Waals surface area contributed by atoms with Crippen LogP contribution < -0.4 is 34.7 Å². The van der Waals surface area contributed by atoms with Gasteiger partial charge >= 0.3 is 29.6 Å². The molecule has 1 atom stereocenters. The molecule has 0 radical (unpaired) electrons. The Labute approximate surface area is 151 Å². The zero-order valence-corrected chi connectivity index (χ0v) is 15.3. The van der Waals surface area contributed by atoms with Gasteiger partial charge in [0.25, 0.3) is 10.1 Å². The van der Waals surface area contributed by atoms with Crippen LogP contribution in [0.15, 0.2) is 29.3 Å². The number of nitrogens with zero attached hydrogens (tertiary/aromatic N) is 1. The van der Waals surface area contributed by atoms with Gasteiger partial charge in [0, 0.05) is 0 Å². The van der Waals surface area contributed by atoms with Crippen LogP contribution in [-0.4, -0.2) is 36.9 Å². The Bertz CT molecular complexity index is 563. The fourth-order valence-corrected chi connectivity index (χ4v) is 2.14. The van der Waals surface area contributed by atoms with Crippen molar-refractivity contribution in [2.45, 2.75) is 6.42 Å². The molecule has 0 aliphatic rings. The van der Waals surface area contributed by atoms with Crippen molar-refractivity contribution < 1.29 is 52.0 Å². The van der Waals surface area contributed by atoms with Crippen LogP contribution in [0.25, 0.3) is 0 Å². The number of halogens is 1. The van der Waals surface area contributed by atoms with Crippen LogP contribution in [0, 0.1) is 11.7 Å². The minimum Gasteiger partial charge on any atom is -0.862 e. The van der Waals surface area contributed by atoms with E-state index in [9.17, 15) is 17.9 Å². The van der Waals surface area contributed by atoms with Gasteiger partial charge in [-0.05, 0) is 41.7 Å². The number of rotatable bonds is 7. The summed E-state index contributed by atoms with van der Waals surface area (Å²) in [5.41, 5.74) is 0.767. The molecule has 5 nitrogen and oxygen atoms in total. The first-order valence-corrected chi connectivity index (χ1v) is 8.08. The molecule has 21 heavy (non-hydrogen) atoms. The largest absolute Gasteiger partial charge is 1.00 e. The van der Waals surface area contributed by atoms with E-state index in [1.165, 1.54) is 12.1 Å². The second-order valence-corrected chi connectivity index (χ2v) is 6.15. The Morgan fingerprint density at radius 2 is 1.95 bits per heavy atom. The summed E-state index contributed by atoms with van der Waals surface area (Å²) in [6.07, 6.45) is 0.345. The predicted octanol–water partition coefficient (Wildman–Crippen LogP) is -2.44. The molecule has 0 aliphatic heterocycles. The zero-order valence-electron chi connectivity index (χ0n) is 11.6. The molecule has 0 fully saturated rings. The third kappa shape index (κ3) is 8.80. The Morgan fingerprint density at radius 3 is 2.43 bits per heavy atom. The van der Waals surface area contributed by atoms with Crippen LogP contribution in [0.4, 0.5) is 4.39 Å². The van der Waals surface area contributed by atoms with E-state index in [0.717, 1.165) is 5.56 Å². The van der Waals surface area contributed by atoms with Crippen molar-refractivity contribution in [3.8, 4) is 0 Å². The molecule has 0 spiro atoms. The van der Waals surface area contributed by atoms with Gasteiger partial charge in [-0.3, -0.25) is 4.55 Å². The van der Waals surface area contributed by atoms with Crippen molar-refractivity contribution in [3.63, 3.8) is 0 Å². The van der Waals surface area contributed by atoms with Crippen LogP contribution in [-0.2, 0) is 16.5 Å². The Kier molecular flexibility index (Phi) is 9.75. The predicted molar refractivity (Wildman–Crippen MR) is 76.2 cm³/mol. The molecule has 1 unspecified atom stereocenters. The number of thiol groups is 1. The molecule has 112 valence electrons. The molecule has 0 aliphatic carbocycles. The third-order valence-corrected chi connectivity index (χ3v) is 3.72. The van der Waals surface area contributed by atoms with Gasteiger partial charge in [-0.1, -0.05) is 12.1 Å². The molecule has 0 saturated carbocycles. The van der Waals surface area contributed by atoms with E-state index in [4.69, 9.17) is 4.55 Å². The summed E-state index contributed by atoms with van der Waals surface area (Å²) in [5, 5.41) is 11.8. The molecule has 0 bridgehead atoms. The quantitative estimate of drug-likeness (QED) is 0.189. The maximum absolute atomic E-state index is 12.8. The van der Waals surface area contributed by atoms with E-state index in [-0.39, 0.29) is 47.7 Å². The summed E-state index contributed by atoms with van der Waals surface area (Å²) in [5.74, 6) is -1.70. The average Bonchev–Trinajstić information content (AvgIpc) is 2.36. The molecular formula is C12H15FNNaO4S2. The van der Waals surface area contributed by atoms with Gasteiger partial charge in [0.05, 0.1) is 12.3 Å². The topological polar surface area (TPSA) is 89.8 Å². The van der Waals surface area contributed by atoms with Crippen molar-refractivity contribution in [3.05, 3.63) is 35.6 Å². The van der Waals surface area contributed by atoms with Crippen molar-refractivity contribution in [1.29, 1.82) is 0 Å². The Morgan fingerprint density at radius 1 is 1.38 bits per heavy atom. The summed E-state index contributed by atoms with van der Waals surface area (Å²) in [6.45, 7) is -0.286. The number of benzene rings is 1. The fraction of sp³-hybridized carbons (Fsp3) is 0.417. The summed E-state index contributed by atoms with van der Waals surface area (Å²) in [6, 6.07) is 5.73. The van der Waals surface area contributed by atoms with Crippen molar-refractivity contribution in [1.82, 2.24) is 0 Å². The van der Waals surface area contributed by atoms with Gasteiger partial charge in [0.2, 0.25) is 0 Å². The van der Waals surface area contributed by atoms with Crippen LogP contribution >= 0.6 is 12.6 Å². The smallest absolute Gasteiger partial charge is 0.862 e. The van der Waals surface area contributed by atoms with Crippen LogP contribution in [0.5, 0.6) is 0 Å². The van der Waals surface area contributed by atoms with Gasteiger partial charge in [-0.15, -0.1) is 0 Å². The van der Waals surface area contributed by atoms with E-state index in [1.807, 2.05) is 0 Å². The summed E-state index contributed by atoms with van der Waals surface area (Å²) < 4.78 is 42.3. The van der Waals surface area contributed by atoms with Gasteiger partial charge in [0.1, 0.15) is 5.82 Å². The number of hydrogen-bond acceptors (Lipinski definition) is 5. The summed E-state index contributed by atoms with van der Waals surface area (Å²) >= 11 is 4.06. The SMILES string of the molecule is O=S(=O)(O)CCN=C([O-])C(CS)Cc1ccc(F)cc1.[Na+]. The van der Waals surface area contributed by atoms with E-state index >= 15 is 0 Å². The van der Waals surface area contributed by atoms with E-state index < -0.39 is 27.7 Å². The van der Waals surface area contributed by atoms with E-state index in [0.29, 0.717) is 6.42 Å². The first kappa shape index (κ1) is 20.9. The van der Waals surface area contributed by atoms with Crippen LogP contribution in [0.3, 0.4) is 0 Å². The monoisotopic (exact) mass is 343 g/mol. The van der Waals surface area contributed by atoms with Crippen LogP contribution in [0.2, 0.25) is 0 Å². The van der Waals surface area contributed by atoms with Crippen molar-refractivity contribution >= 4 is 28.6 Å². The Hall–Kier alpha value is -0.120. The first-order chi connectivity index (χ1) is 9.31. The zero-order chi connectivity index (χ0) is 15.2. The van der Waals surface area contributed by atoms with Crippen molar-refractivity contribution in [2.75, 3.05) is 18.1 Å². The van der Waals surface area contributed by atoms with Gasteiger partial charge in [-0.2, -0.15) is 21.0 Å². The molecule has 1 aromatic carbocycles. The molecule has 1 aromatic rings. The first-order valence-electron chi connectivity index (χ1n) is 5.83. The third-order valence-electron chi connectivity index (χ3n) is 2.58. The summed E-state index contributed by atoms with van der Waals surface area (Å²) in [4.78, 5) is 3.59. The van der Waals surface area contributed by atoms with E-state index in [2.05, 4.69) is 17.6 Å². The Balaban J connectivity index is 0.00000400.